The number of benzene rings is 4. The van der Waals surface area contributed by atoms with Crippen molar-refractivity contribution in [3.8, 4) is 11.1 Å². The van der Waals surface area contributed by atoms with E-state index in [-0.39, 0.29) is 11.8 Å². The summed E-state index contributed by atoms with van der Waals surface area (Å²) in [5.41, 5.74) is 5.49. The van der Waals surface area contributed by atoms with Crippen molar-refractivity contribution in [1.29, 1.82) is 0 Å². The van der Waals surface area contributed by atoms with Crippen LogP contribution < -0.4 is 5.32 Å². The Morgan fingerprint density at radius 2 is 1.07 bits per heavy atom. The maximum atomic E-state index is 12.6. The largest absolute Gasteiger partial charge is 0.352 e. The molecule has 148 valence electrons. The first-order chi connectivity index (χ1) is 14.8. The first-order valence-electron chi connectivity index (χ1n) is 10.3. The van der Waals surface area contributed by atoms with Gasteiger partial charge in [0.25, 0.3) is 5.91 Å². The summed E-state index contributed by atoms with van der Waals surface area (Å²) in [7, 11) is 0. The number of rotatable bonds is 7. The van der Waals surface area contributed by atoms with Gasteiger partial charge in [-0.1, -0.05) is 103 Å². The van der Waals surface area contributed by atoms with Gasteiger partial charge in [0.15, 0.2) is 0 Å². The smallest absolute Gasteiger partial charge is 0.251 e. The van der Waals surface area contributed by atoms with Gasteiger partial charge in [0.2, 0.25) is 0 Å². The van der Waals surface area contributed by atoms with Crippen molar-refractivity contribution >= 4 is 5.91 Å². The van der Waals surface area contributed by atoms with Crippen LogP contribution >= 0.6 is 0 Å². The fraction of sp³-hybridized carbons (Fsp3) is 0.107. The summed E-state index contributed by atoms with van der Waals surface area (Å²) >= 11 is 0. The minimum atomic E-state index is -0.0329. The number of carbonyl (C=O) groups is 1. The Hall–Kier alpha value is -3.65. The second-order valence-corrected chi connectivity index (χ2v) is 7.36. The van der Waals surface area contributed by atoms with E-state index in [1.807, 2.05) is 54.6 Å². The molecule has 1 N–H and O–H groups in total. The number of amides is 1. The van der Waals surface area contributed by atoms with Gasteiger partial charge in [0.1, 0.15) is 0 Å². The highest BCUT2D eigenvalue weighted by Gasteiger charge is 2.14. The van der Waals surface area contributed by atoms with E-state index in [1.54, 1.807) is 0 Å². The molecule has 0 unspecified atom stereocenters. The average Bonchev–Trinajstić information content (AvgIpc) is 2.83. The molecule has 30 heavy (non-hydrogen) atoms. The van der Waals surface area contributed by atoms with Crippen molar-refractivity contribution in [2.45, 2.75) is 12.3 Å². The van der Waals surface area contributed by atoms with Crippen LogP contribution in [0.15, 0.2) is 115 Å². The quantitative estimate of drug-likeness (QED) is 0.393. The maximum absolute atomic E-state index is 12.6. The molecule has 4 aromatic rings. The maximum Gasteiger partial charge on any atom is 0.251 e. The minimum absolute atomic E-state index is 0.0329. The van der Waals surface area contributed by atoms with Crippen LogP contribution in [0.4, 0.5) is 0 Å². The van der Waals surface area contributed by atoms with Crippen molar-refractivity contribution in [3.05, 3.63) is 132 Å². The van der Waals surface area contributed by atoms with Crippen LogP contribution in [0.25, 0.3) is 11.1 Å². The molecule has 4 aromatic carbocycles. The van der Waals surface area contributed by atoms with Crippen LogP contribution in [-0.4, -0.2) is 12.5 Å². The number of nitrogens with one attached hydrogen (secondary N) is 1. The van der Waals surface area contributed by atoms with E-state index in [9.17, 15) is 4.79 Å². The predicted octanol–water partition coefficient (Wildman–Crippen LogP) is 6.31. The predicted molar refractivity (Wildman–Crippen MR) is 124 cm³/mol. The van der Waals surface area contributed by atoms with Crippen LogP contribution in [0.3, 0.4) is 0 Å². The molecule has 0 aliphatic carbocycles. The third-order valence-electron chi connectivity index (χ3n) is 5.38. The second kappa shape index (κ2) is 9.71. The van der Waals surface area contributed by atoms with Gasteiger partial charge in [0.05, 0.1) is 0 Å². The van der Waals surface area contributed by atoms with Crippen LogP contribution in [0, 0.1) is 0 Å². The Bertz CT molecular complexity index is 1020. The first kappa shape index (κ1) is 19.7. The molecule has 0 atom stereocenters. The molecule has 4 rings (SSSR count). The molecular formula is C28H25NO. The van der Waals surface area contributed by atoms with Gasteiger partial charge in [0, 0.05) is 18.0 Å². The highest BCUT2D eigenvalue weighted by atomic mass is 16.1. The lowest BCUT2D eigenvalue weighted by Crippen LogP contribution is -2.25. The Labute approximate surface area is 178 Å². The molecule has 0 heterocycles. The van der Waals surface area contributed by atoms with Crippen LogP contribution in [0.5, 0.6) is 0 Å². The zero-order valence-electron chi connectivity index (χ0n) is 16.9. The zero-order valence-corrected chi connectivity index (χ0v) is 16.9. The number of carbonyl (C=O) groups excluding carboxylic acids is 1. The first-order valence-corrected chi connectivity index (χ1v) is 10.3. The van der Waals surface area contributed by atoms with E-state index >= 15 is 0 Å². The summed E-state index contributed by atoms with van der Waals surface area (Å²) < 4.78 is 0. The molecule has 0 bridgehead atoms. The van der Waals surface area contributed by atoms with E-state index in [2.05, 4.69) is 66.0 Å². The van der Waals surface area contributed by atoms with E-state index in [1.165, 1.54) is 11.1 Å². The molecule has 0 aromatic heterocycles. The SMILES string of the molecule is O=C(NCCC(c1ccccc1)c1ccccc1)c1ccc(-c2ccccc2)cc1. The molecule has 0 saturated heterocycles. The standard InChI is InChI=1S/C28H25NO/c30-28(26-18-16-23(17-19-26)22-10-4-1-5-11-22)29-21-20-27(24-12-6-2-7-13-24)25-14-8-3-9-15-25/h1-19,27H,20-21H2,(H,29,30). The topological polar surface area (TPSA) is 29.1 Å². The molecule has 0 radical (unpaired) electrons. The third kappa shape index (κ3) is 4.84. The van der Waals surface area contributed by atoms with Gasteiger partial charge in [-0.25, -0.2) is 0 Å². The molecule has 0 spiro atoms. The third-order valence-corrected chi connectivity index (χ3v) is 5.38. The van der Waals surface area contributed by atoms with Crippen LogP contribution in [-0.2, 0) is 0 Å². The van der Waals surface area contributed by atoms with Crippen molar-refractivity contribution < 1.29 is 4.79 Å². The van der Waals surface area contributed by atoms with Crippen LogP contribution in [0.1, 0.15) is 33.8 Å². The molecule has 1 amide bonds. The Morgan fingerprint density at radius 1 is 0.600 bits per heavy atom. The van der Waals surface area contributed by atoms with Crippen LogP contribution in [0.2, 0.25) is 0 Å². The Morgan fingerprint density at radius 3 is 1.60 bits per heavy atom. The van der Waals surface area contributed by atoms with E-state index < -0.39 is 0 Å². The Kier molecular flexibility index (Phi) is 6.36. The lowest BCUT2D eigenvalue weighted by atomic mass is 9.88. The summed E-state index contributed by atoms with van der Waals surface area (Å²) in [5.74, 6) is 0.225. The van der Waals surface area contributed by atoms with E-state index in [4.69, 9.17) is 0 Å². The molecule has 0 aliphatic heterocycles. The monoisotopic (exact) mass is 391 g/mol. The summed E-state index contributed by atoms with van der Waals surface area (Å²) in [6.07, 6.45) is 0.849. The van der Waals surface area contributed by atoms with Crippen molar-refractivity contribution in [1.82, 2.24) is 5.32 Å². The lowest BCUT2D eigenvalue weighted by molar-refractivity contribution is 0.0953. The second-order valence-electron chi connectivity index (χ2n) is 7.36. The summed E-state index contributed by atoms with van der Waals surface area (Å²) in [4.78, 5) is 12.6. The van der Waals surface area contributed by atoms with Gasteiger partial charge in [-0.15, -0.1) is 0 Å². The van der Waals surface area contributed by atoms with Gasteiger partial charge in [-0.3, -0.25) is 4.79 Å². The normalized spacial score (nSPS) is 10.7. The molecule has 2 heteroatoms. The molecule has 2 nitrogen and oxygen atoms in total. The summed E-state index contributed by atoms with van der Waals surface area (Å²) in [5, 5.41) is 3.09. The fourth-order valence-electron chi connectivity index (χ4n) is 3.77. The summed E-state index contributed by atoms with van der Waals surface area (Å²) in [6, 6.07) is 38.9. The van der Waals surface area contributed by atoms with Gasteiger partial charge >= 0.3 is 0 Å². The highest BCUT2D eigenvalue weighted by molar-refractivity contribution is 5.94. The van der Waals surface area contributed by atoms with E-state index in [0.29, 0.717) is 12.1 Å². The zero-order chi connectivity index (χ0) is 20.6. The highest BCUT2D eigenvalue weighted by Crippen LogP contribution is 2.27. The minimum Gasteiger partial charge on any atom is -0.352 e. The molecule has 0 aliphatic rings. The number of hydrogen-bond acceptors (Lipinski definition) is 1. The number of hydrogen-bond donors (Lipinski definition) is 1. The Balaban J connectivity index is 1.40. The average molecular weight is 392 g/mol. The lowest BCUT2D eigenvalue weighted by Gasteiger charge is -2.18. The van der Waals surface area contributed by atoms with Gasteiger partial charge < -0.3 is 5.32 Å². The van der Waals surface area contributed by atoms with Crippen molar-refractivity contribution in [2.24, 2.45) is 0 Å². The van der Waals surface area contributed by atoms with Gasteiger partial charge in [-0.05, 0) is 40.8 Å². The van der Waals surface area contributed by atoms with Crippen molar-refractivity contribution in [3.63, 3.8) is 0 Å². The molecule has 0 fully saturated rings. The van der Waals surface area contributed by atoms with Gasteiger partial charge in [-0.2, -0.15) is 0 Å². The molecular weight excluding hydrogens is 366 g/mol. The molecule has 0 saturated carbocycles. The van der Waals surface area contributed by atoms with Crippen molar-refractivity contribution in [2.75, 3.05) is 6.54 Å². The summed E-state index contributed by atoms with van der Waals surface area (Å²) in [6.45, 7) is 0.619. The fourth-order valence-corrected chi connectivity index (χ4v) is 3.77. The van der Waals surface area contributed by atoms with E-state index in [0.717, 1.165) is 17.5 Å².